The summed E-state index contributed by atoms with van der Waals surface area (Å²) < 4.78 is 0. The van der Waals surface area contributed by atoms with Crippen LogP contribution in [0, 0.1) is 27.7 Å². The number of benzene rings is 11. The molecule has 0 spiro atoms. The van der Waals surface area contributed by atoms with Gasteiger partial charge in [-0.3, -0.25) is 0 Å². The molecule has 2 nitrogen and oxygen atoms in total. The van der Waals surface area contributed by atoms with Gasteiger partial charge in [-0.15, -0.1) is 0 Å². The van der Waals surface area contributed by atoms with Gasteiger partial charge in [0.05, 0.1) is 11.4 Å². The Morgan fingerprint density at radius 2 is 0.453 bits per heavy atom. The van der Waals surface area contributed by atoms with Crippen molar-refractivity contribution >= 4 is 77.2 Å². The quantitative estimate of drug-likeness (QED) is 0.141. The van der Waals surface area contributed by atoms with E-state index in [0.29, 0.717) is 0 Å². The number of rotatable bonds is 8. The van der Waals surface area contributed by atoms with E-state index in [0.717, 1.165) is 34.1 Å². The van der Waals surface area contributed by atoms with Crippen molar-refractivity contribution in [3.05, 3.63) is 241 Å². The maximum absolute atomic E-state index is 2.40. The molecule has 306 valence electrons. The van der Waals surface area contributed by atoms with Crippen LogP contribution in [0.4, 0.5) is 34.1 Å². The fraction of sp³-hybridized carbons (Fsp3) is 0.0645. The summed E-state index contributed by atoms with van der Waals surface area (Å²) in [4.78, 5) is 4.80. The summed E-state index contributed by atoms with van der Waals surface area (Å²) >= 11 is 0. The second-order valence-corrected chi connectivity index (χ2v) is 17.2. The van der Waals surface area contributed by atoms with Crippen molar-refractivity contribution in [1.29, 1.82) is 0 Å². The molecule has 0 aromatic heterocycles. The van der Waals surface area contributed by atoms with E-state index in [9.17, 15) is 0 Å². The first kappa shape index (κ1) is 38.9. The molecule has 0 N–H and O–H groups in total. The Morgan fingerprint density at radius 3 is 0.719 bits per heavy atom. The lowest BCUT2D eigenvalue weighted by molar-refractivity contribution is 1.28. The molecule has 0 amide bonds. The molecule has 64 heavy (non-hydrogen) atoms. The summed E-state index contributed by atoms with van der Waals surface area (Å²) in [7, 11) is 0. The highest BCUT2D eigenvalue weighted by molar-refractivity contribution is 6.26. The van der Waals surface area contributed by atoms with Gasteiger partial charge in [-0.05, 0) is 143 Å². The maximum Gasteiger partial charge on any atom is 0.0540 e. The van der Waals surface area contributed by atoms with Crippen LogP contribution in [-0.4, -0.2) is 0 Å². The Kier molecular flexibility index (Phi) is 9.78. The Bertz CT molecular complexity index is 3130. The van der Waals surface area contributed by atoms with Crippen LogP contribution < -0.4 is 9.80 Å². The third-order valence-electron chi connectivity index (χ3n) is 12.9. The average molecular weight is 821 g/mol. The monoisotopic (exact) mass is 820 g/mol. The molecule has 0 aliphatic heterocycles. The van der Waals surface area contributed by atoms with Crippen LogP contribution in [0.2, 0.25) is 0 Å². The van der Waals surface area contributed by atoms with Gasteiger partial charge < -0.3 is 9.80 Å². The second-order valence-electron chi connectivity index (χ2n) is 17.2. The van der Waals surface area contributed by atoms with Gasteiger partial charge in [0, 0.05) is 33.5 Å². The molecule has 0 atom stereocenters. The lowest BCUT2D eigenvalue weighted by Gasteiger charge is -2.28. The molecule has 0 fully saturated rings. The summed E-state index contributed by atoms with van der Waals surface area (Å²) in [5.74, 6) is 0. The zero-order valence-electron chi connectivity index (χ0n) is 36.7. The third kappa shape index (κ3) is 6.76. The van der Waals surface area contributed by atoms with Gasteiger partial charge >= 0.3 is 0 Å². The minimum absolute atomic E-state index is 1.13. The first-order valence-electron chi connectivity index (χ1n) is 22.3. The van der Waals surface area contributed by atoms with Gasteiger partial charge in [-0.1, -0.05) is 180 Å². The van der Waals surface area contributed by atoms with Crippen LogP contribution in [0.3, 0.4) is 0 Å². The van der Waals surface area contributed by atoms with Crippen LogP contribution in [0.5, 0.6) is 0 Å². The predicted octanol–water partition coefficient (Wildman–Crippen LogP) is 17.8. The van der Waals surface area contributed by atoms with E-state index in [-0.39, 0.29) is 0 Å². The van der Waals surface area contributed by atoms with Crippen molar-refractivity contribution in [1.82, 2.24) is 0 Å². The topological polar surface area (TPSA) is 6.48 Å². The van der Waals surface area contributed by atoms with E-state index in [1.54, 1.807) is 0 Å². The molecule has 2 heteroatoms. The molecule has 0 saturated heterocycles. The van der Waals surface area contributed by atoms with Gasteiger partial charge in [-0.25, -0.2) is 0 Å². The number of anilines is 6. The van der Waals surface area contributed by atoms with Crippen molar-refractivity contribution in [3.63, 3.8) is 0 Å². The SMILES string of the molecule is Cc1ccc(N(c2ccc(C)cc2)c2ccc(-c3c4ccccc4c(-c4ccc(N(c5ccc(C)cc5)c5ccc(C)cc5)c5ccccc45)c4ccccc34)c3ccccc23)cc1. The zero-order chi connectivity index (χ0) is 43.3. The van der Waals surface area contributed by atoms with Gasteiger partial charge in [-0.2, -0.15) is 0 Å². The largest absolute Gasteiger partial charge is 0.310 e. The van der Waals surface area contributed by atoms with Gasteiger partial charge in [0.1, 0.15) is 0 Å². The normalized spacial score (nSPS) is 11.4. The van der Waals surface area contributed by atoms with Crippen LogP contribution in [0.1, 0.15) is 22.3 Å². The highest BCUT2D eigenvalue weighted by Crippen LogP contribution is 2.50. The molecule has 0 radical (unpaired) electrons. The number of hydrogen-bond donors (Lipinski definition) is 0. The molecular weight excluding hydrogens is 773 g/mol. The summed E-state index contributed by atoms with van der Waals surface area (Å²) in [6, 6.07) is 80.8. The molecule has 0 heterocycles. The standard InChI is InChI=1S/C62H48N2/c1-41-21-29-45(30-22-41)63(46-31-23-42(2)24-32-46)59-39-37-57(49-13-5-7-15-51(49)59)61-53-17-9-11-19-55(53)62(56-20-12-10-18-54(56)61)58-38-40-60(52-16-8-6-14-50(52)58)64(47-33-25-43(3)26-34-47)48-35-27-44(4)28-36-48/h5-40H,1-4H3. The number of aryl methyl sites for hydroxylation is 4. The molecular formula is C62H48N2. The van der Waals surface area contributed by atoms with E-state index in [4.69, 9.17) is 0 Å². The lowest BCUT2D eigenvalue weighted by Crippen LogP contribution is -2.10. The van der Waals surface area contributed by atoms with Crippen LogP contribution >= 0.6 is 0 Å². The molecule has 0 aliphatic rings. The first-order chi connectivity index (χ1) is 31.4. The molecule has 11 aromatic carbocycles. The second kappa shape index (κ2) is 16.1. The van der Waals surface area contributed by atoms with Crippen LogP contribution in [0.15, 0.2) is 218 Å². The molecule has 0 unspecified atom stereocenters. The molecule has 0 saturated carbocycles. The maximum atomic E-state index is 2.40. The Labute approximate surface area is 375 Å². The van der Waals surface area contributed by atoms with Gasteiger partial charge in [0.15, 0.2) is 0 Å². The van der Waals surface area contributed by atoms with Crippen molar-refractivity contribution in [2.24, 2.45) is 0 Å². The minimum Gasteiger partial charge on any atom is -0.310 e. The highest BCUT2D eigenvalue weighted by Gasteiger charge is 2.23. The smallest absolute Gasteiger partial charge is 0.0540 e. The highest BCUT2D eigenvalue weighted by atomic mass is 15.1. The van der Waals surface area contributed by atoms with E-state index in [1.807, 2.05) is 0 Å². The van der Waals surface area contributed by atoms with E-state index in [1.165, 1.54) is 87.6 Å². The fourth-order valence-corrected chi connectivity index (χ4v) is 9.73. The Hall–Kier alpha value is -7.94. The summed E-state index contributed by atoms with van der Waals surface area (Å²) in [5, 5.41) is 9.77. The van der Waals surface area contributed by atoms with E-state index in [2.05, 4.69) is 256 Å². The number of hydrogen-bond acceptors (Lipinski definition) is 2. The van der Waals surface area contributed by atoms with E-state index >= 15 is 0 Å². The lowest BCUT2D eigenvalue weighted by atomic mass is 9.83. The Balaban J connectivity index is 1.14. The van der Waals surface area contributed by atoms with Crippen molar-refractivity contribution in [2.45, 2.75) is 27.7 Å². The number of fused-ring (bicyclic) bond motifs is 4. The average Bonchev–Trinajstić information content (AvgIpc) is 3.33. The minimum atomic E-state index is 1.13. The van der Waals surface area contributed by atoms with Crippen molar-refractivity contribution in [2.75, 3.05) is 9.80 Å². The number of nitrogens with zero attached hydrogens (tertiary/aromatic N) is 2. The molecule has 0 aliphatic carbocycles. The van der Waals surface area contributed by atoms with Gasteiger partial charge in [0.25, 0.3) is 0 Å². The molecule has 11 aromatic rings. The van der Waals surface area contributed by atoms with Crippen molar-refractivity contribution in [3.8, 4) is 22.3 Å². The van der Waals surface area contributed by atoms with Crippen molar-refractivity contribution < 1.29 is 0 Å². The Morgan fingerprint density at radius 1 is 0.219 bits per heavy atom. The summed E-state index contributed by atoms with van der Waals surface area (Å²) in [6.07, 6.45) is 0. The fourth-order valence-electron chi connectivity index (χ4n) is 9.73. The summed E-state index contributed by atoms with van der Waals surface area (Å²) in [6.45, 7) is 8.59. The molecule has 0 bridgehead atoms. The van der Waals surface area contributed by atoms with Gasteiger partial charge in [0.2, 0.25) is 0 Å². The third-order valence-corrected chi connectivity index (χ3v) is 12.9. The zero-order valence-corrected chi connectivity index (χ0v) is 36.7. The predicted molar refractivity (Wildman–Crippen MR) is 276 cm³/mol. The van der Waals surface area contributed by atoms with E-state index < -0.39 is 0 Å². The van der Waals surface area contributed by atoms with Crippen LogP contribution in [0.25, 0.3) is 65.3 Å². The summed E-state index contributed by atoms with van der Waals surface area (Å²) in [5.41, 5.74) is 16.7. The molecule has 11 rings (SSSR count). The van der Waals surface area contributed by atoms with Crippen LogP contribution in [-0.2, 0) is 0 Å². The first-order valence-corrected chi connectivity index (χ1v) is 22.3.